The maximum absolute atomic E-state index is 13.9. The molecule has 9 nitrogen and oxygen atoms in total. The van der Waals surface area contributed by atoms with Crippen molar-refractivity contribution in [1.29, 1.82) is 0 Å². The maximum Gasteiger partial charge on any atom is 0.389 e. The molecule has 3 rings (SSSR count). The monoisotopic (exact) mass is 423 g/mol. The van der Waals surface area contributed by atoms with Gasteiger partial charge in [0.05, 0.1) is 35.2 Å². The maximum atomic E-state index is 13.9. The fraction of sp³-hybridized carbons (Fsp3) is 0.133. The van der Waals surface area contributed by atoms with E-state index in [0.29, 0.717) is 15.8 Å². The molecule has 0 atom stereocenters. The van der Waals surface area contributed by atoms with Crippen molar-refractivity contribution in [3.8, 4) is 0 Å². The van der Waals surface area contributed by atoms with Gasteiger partial charge in [-0.1, -0.05) is 21.1 Å². The number of carbonyl (C=O) groups is 1. The molecule has 0 saturated carbocycles. The van der Waals surface area contributed by atoms with Gasteiger partial charge in [-0.05, 0) is 30.0 Å². The van der Waals surface area contributed by atoms with Crippen LogP contribution in [0.15, 0.2) is 39.5 Å². The molecular weight excluding hydrogens is 413 g/mol. The van der Waals surface area contributed by atoms with Crippen LogP contribution in [0.25, 0.3) is 0 Å². The summed E-state index contributed by atoms with van der Waals surface area (Å²) in [6.07, 6.45) is 1.40. The van der Waals surface area contributed by atoms with Crippen LogP contribution in [0.5, 0.6) is 0 Å². The van der Waals surface area contributed by atoms with Gasteiger partial charge in [-0.3, -0.25) is 4.79 Å². The number of amides is 1. The van der Waals surface area contributed by atoms with Gasteiger partial charge in [0.15, 0.2) is 5.69 Å². The van der Waals surface area contributed by atoms with Crippen molar-refractivity contribution in [3.05, 3.63) is 67.9 Å². The van der Waals surface area contributed by atoms with Gasteiger partial charge in [0.1, 0.15) is 11.6 Å². The van der Waals surface area contributed by atoms with Gasteiger partial charge in [-0.25, -0.2) is 4.39 Å². The summed E-state index contributed by atoms with van der Waals surface area (Å²) >= 11 is 3.13. The van der Waals surface area contributed by atoms with Crippen molar-refractivity contribution < 1.29 is 18.6 Å². The predicted octanol–water partition coefficient (Wildman–Crippen LogP) is 3.29. The number of carbonyl (C=O) groups excluding carboxylic acids is 1. The number of nitro groups is 1. The van der Waals surface area contributed by atoms with Crippen LogP contribution in [-0.4, -0.2) is 25.8 Å². The number of aromatic nitrogens is 3. The predicted molar refractivity (Wildman–Crippen MR) is 91.3 cm³/mol. The molecule has 0 aliphatic rings. The Morgan fingerprint density at radius 3 is 2.88 bits per heavy atom. The highest BCUT2D eigenvalue weighted by molar-refractivity contribution is 9.10. The van der Waals surface area contributed by atoms with Crippen molar-refractivity contribution in [2.45, 2.75) is 13.5 Å². The van der Waals surface area contributed by atoms with E-state index in [1.54, 1.807) is 13.0 Å². The molecule has 0 unspecified atom stereocenters. The Kier molecular flexibility index (Phi) is 4.80. The SMILES string of the molecule is Cc1onc(C(=O)Nc2ccc(Br)cc2F)c1Cn1ccc([N+](=O)[O-])n1. The lowest BCUT2D eigenvalue weighted by Crippen LogP contribution is -2.16. The highest BCUT2D eigenvalue weighted by Crippen LogP contribution is 2.22. The first-order valence-corrected chi connectivity index (χ1v) is 8.04. The lowest BCUT2D eigenvalue weighted by atomic mass is 10.2. The molecule has 0 bridgehead atoms. The van der Waals surface area contributed by atoms with Crippen LogP contribution < -0.4 is 5.32 Å². The number of halogens is 2. The number of nitrogens with one attached hydrogen (secondary N) is 1. The van der Waals surface area contributed by atoms with E-state index in [9.17, 15) is 19.3 Å². The minimum Gasteiger partial charge on any atom is -0.361 e. The number of benzene rings is 1. The Morgan fingerprint density at radius 1 is 1.46 bits per heavy atom. The first kappa shape index (κ1) is 17.7. The fourth-order valence-electron chi connectivity index (χ4n) is 2.23. The summed E-state index contributed by atoms with van der Waals surface area (Å²) in [7, 11) is 0. The fourth-order valence-corrected chi connectivity index (χ4v) is 2.56. The van der Waals surface area contributed by atoms with Crippen LogP contribution in [-0.2, 0) is 6.54 Å². The summed E-state index contributed by atoms with van der Waals surface area (Å²) < 4.78 is 20.8. The van der Waals surface area contributed by atoms with E-state index in [2.05, 4.69) is 31.5 Å². The van der Waals surface area contributed by atoms with E-state index in [4.69, 9.17) is 4.52 Å². The van der Waals surface area contributed by atoms with E-state index in [-0.39, 0.29) is 23.7 Å². The van der Waals surface area contributed by atoms with Gasteiger partial charge >= 0.3 is 5.82 Å². The number of aryl methyl sites for hydroxylation is 1. The third kappa shape index (κ3) is 3.61. The molecule has 0 aliphatic heterocycles. The molecule has 2 aromatic heterocycles. The molecule has 0 saturated heterocycles. The summed E-state index contributed by atoms with van der Waals surface area (Å²) in [6, 6.07) is 5.44. The summed E-state index contributed by atoms with van der Waals surface area (Å²) in [5, 5.41) is 20.6. The second kappa shape index (κ2) is 7.04. The average molecular weight is 424 g/mol. The highest BCUT2D eigenvalue weighted by Gasteiger charge is 2.23. The first-order chi connectivity index (χ1) is 12.3. The van der Waals surface area contributed by atoms with Crippen LogP contribution >= 0.6 is 15.9 Å². The summed E-state index contributed by atoms with van der Waals surface area (Å²) in [5.74, 6) is -1.25. The van der Waals surface area contributed by atoms with Crippen LogP contribution in [0.2, 0.25) is 0 Å². The highest BCUT2D eigenvalue weighted by atomic mass is 79.9. The Morgan fingerprint density at radius 2 is 2.23 bits per heavy atom. The summed E-state index contributed by atoms with van der Waals surface area (Å²) in [4.78, 5) is 22.5. The number of nitrogens with zero attached hydrogens (tertiary/aromatic N) is 4. The minimum absolute atomic E-state index is 0.0143. The van der Waals surface area contributed by atoms with Crippen molar-refractivity contribution in [3.63, 3.8) is 0 Å². The Hall–Kier alpha value is -3.08. The minimum atomic E-state index is -0.667. The van der Waals surface area contributed by atoms with Crippen LogP contribution in [0.4, 0.5) is 15.9 Å². The molecular formula is C15H11BrFN5O4. The second-order valence-corrected chi connectivity index (χ2v) is 6.19. The topological polar surface area (TPSA) is 116 Å². The molecule has 0 aliphatic carbocycles. The normalized spacial score (nSPS) is 10.7. The largest absolute Gasteiger partial charge is 0.389 e. The standard InChI is InChI=1S/C15H11BrFN5O4/c1-8-10(7-21-5-4-13(19-21)22(24)25)14(20-26-8)15(23)18-12-3-2-9(16)6-11(12)17/h2-6H,7H2,1H3,(H,18,23). The van der Waals surface area contributed by atoms with Crippen LogP contribution in [0.1, 0.15) is 21.8 Å². The zero-order chi connectivity index (χ0) is 18.8. The van der Waals surface area contributed by atoms with E-state index >= 15 is 0 Å². The Balaban J connectivity index is 1.84. The molecule has 11 heteroatoms. The van der Waals surface area contributed by atoms with Crippen molar-refractivity contribution in [1.82, 2.24) is 14.9 Å². The van der Waals surface area contributed by atoms with Crippen LogP contribution in [0, 0.1) is 22.9 Å². The molecule has 26 heavy (non-hydrogen) atoms. The molecule has 0 radical (unpaired) electrons. The van der Waals surface area contributed by atoms with Gasteiger partial charge in [0, 0.05) is 4.47 Å². The van der Waals surface area contributed by atoms with Crippen LogP contribution in [0.3, 0.4) is 0 Å². The Bertz CT molecular complexity index is 1000. The summed E-state index contributed by atoms with van der Waals surface area (Å²) in [6.45, 7) is 1.63. The van der Waals surface area contributed by atoms with Gasteiger partial charge < -0.3 is 20.0 Å². The molecule has 1 N–H and O–H groups in total. The smallest absolute Gasteiger partial charge is 0.361 e. The lowest BCUT2D eigenvalue weighted by molar-refractivity contribution is -0.389. The molecule has 134 valence electrons. The van der Waals surface area contributed by atoms with Gasteiger partial charge in [-0.15, -0.1) is 0 Å². The zero-order valence-corrected chi connectivity index (χ0v) is 14.9. The molecule has 0 spiro atoms. The molecule has 1 aromatic carbocycles. The van der Waals surface area contributed by atoms with Crippen molar-refractivity contribution in [2.75, 3.05) is 5.32 Å². The first-order valence-electron chi connectivity index (χ1n) is 7.24. The zero-order valence-electron chi connectivity index (χ0n) is 13.3. The molecule has 1 amide bonds. The number of anilines is 1. The van der Waals surface area contributed by atoms with Crippen molar-refractivity contribution in [2.24, 2.45) is 0 Å². The molecule has 2 heterocycles. The average Bonchev–Trinajstić information content (AvgIpc) is 3.18. The molecule has 3 aromatic rings. The van der Waals surface area contributed by atoms with E-state index in [1.165, 1.54) is 29.1 Å². The number of hydrogen-bond donors (Lipinski definition) is 1. The second-order valence-electron chi connectivity index (χ2n) is 5.27. The van der Waals surface area contributed by atoms with Gasteiger partial charge in [0.2, 0.25) is 0 Å². The number of rotatable bonds is 5. The van der Waals surface area contributed by atoms with Crippen molar-refractivity contribution >= 4 is 33.3 Å². The van der Waals surface area contributed by atoms with Gasteiger partial charge in [-0.2, -0.15) is 4.68 Å². The number of hydrogen-bond acceptors (Lipinski definition) is 6. The summed E-state index contributed by atoms with van der Waals surface area (Å²) in [5.41, 5.74) is 0.320. The third-order valence-electron chi connectivity index (χ3n) is 3.51. The Labute approximate surface area is 154 Å². The lowest BCUT2D eigenvalue weighted by Gasteiger charge is -2.06. The van der Waals surface area contributed by atoms with Gasteiger partial charge in [0.25, 0.3) is 5.91 Å². The van der Waals surface area contributed by atoms with E-state index < -0.39 is 16.6 Å². The quantitative estimate of drug-likeness (QED) is 0.497. The van der Waals surface area contributed by atoms with E-state index in [0.717, 1.165) is 0 Å². The molecule has 0 fully saturated rings. The third-order valence-corrected chi connectivity index (χ3v) is 4.01. The van der Waals surface area contributed by atoms with E-state index in [1.807, 2.05) is 0 Å².